The summed E-state index contributed by atoms with van der Waals surface area (Å²) in [5.41, 5.74) is 1.14. The van der Waals surface area contributed by atoms with E-state index in [0.29, 0.717) is 16.5 Å². The third kappa shape index (κ3) is 4.36. The predicted molar refractivity (Wildman–Crippen MR) is 105 cm³/mol. The van der Waals surface area contributed by atoms with E-state index in [-0.39, 0.29) is 24.1 Å². The third-order valence-corrected chi connectivity index (χ3v) is 5.26. The van der Waals surface area contributed by atoms with Crippen molar-refractivity contribution in [1.29, 1.82) is 0 Å². The molecule has 0 aliphatic rings. The van der Waals surface area contributed by atoms with Gasteiger partial charge in [-0.25, -0.2) is 13.8 Å². The van der Waals surface area contributed by atoms with Crippen molar-refractivity contribution < 1.29 is 18.3 Å². The van der Waals surface area contributed by atoms with Gasteiger partial charge in [-0.05, 0) is 50.2 Å². The molecule has 2 aromatic carbocycles. The number of hydrogen-bond donors (Lipinski definition) is 0. The van der Waals surface area contributed by atoms with Crippen molar-refractivity contribution in [3.8, 4) is 16.3 Å². The van der Waals surface area contributed by atoms with Crippen LogP contribution in [0.2, 0.25) is 0 Å². The first-order valence-corrected chi connectivity index (χ1v) is 9.63. The van der Waals surface area contributed by atoms with Crippen molar-refractivity contribution in [2.24, 2.45) is 0 Å². The van der Waals surface area contributed by atoms with Crippen LogP contribution in [0.25, 0.3) is 10.6 Å². The van der Waals surface area contributed by atoms with Gasteiger partial charge in [0.05, 0.1) is 5.56 Å². The molecule has 146 valence electrons. The highest BCUT2D eigenvalue weighted by Crippen LogP contribution is 2.27. The summed E-state index contributed by atoms with van der Waals surface area (Å²) in [5, 5.41) is 2.45. The Kier molecular flexibility index (Phi) is 6.04. The molecule has 0 atom stereocenters. The molecule has 4 nitrogen and oxygen atoms in total. The zero-order chi connectivity index (χ0) is 20.3. The number of thiazole rings is 1. The lowest BCUT2D eigenvalue weighted by Gasteiger charge is -2.19. The molecule has 0 saturated heterocycles. The zero-order valence-corrected chi connectivity index (χ0v) is 16.6. The van der Waals surface area contributed by atoms with Gasteiger partial charge in [-0.3, -0.25) is 4.79 Å². The molecular weight excluding hydrogens is 382 g/mol. The van der Waals surface area contributed by atoms with E-state index in [1.54, 1.807) is 41.6 Å². The number of halogens is 2. The largest absolute Gasteiger partial charge is 0.489 e. The standard InChI is InChI=1S/C21H20F2N2O2S/c1-13(2)25(3)21(26)19-12-28-20(24-19)14-7-9-15(10-8-14)27-11-16-17(22)5-4-6-18(16)23/h4-10,12-13H,11H2,1-3H3. The van der Waals surface area contributed by atoms with Gasteiger partial charge in [-0.2, -0.15) is 0 Å². The molecular formula is C21H20F2N2O2S. The average Bonchev–Trinajstić information content (AvgIpc) is 3.17. The van der Waals surface area contributed by atoms with Crippen LogP contribution >= 0.6 is 11.3 Å². The van der Waals surface area contributed by atoms with Gasteiger partial charge >= 0.3 is 0 Å². The van der Waals surface area contributed by atoms with Crippen LogP contribution in [0.4, 0.5) is 8.78 Å². The molecule has 0 unspecified atom stereocenters. The molecule has 1 heterocycles. The topological polar surface area (TPSA) is 42.4 Å². The molecule has 3 rings (SSSR count). The number of ether oxygens (including phenoxy) is 1. The fraction of sp³-hybridized carbons (Fsp3) is 0.238. The normalized spacial score (nSPS) is 10.9. The summed E-state index contributed by atoms with van der Waals surface area (Å²) in [6.45, 7) is 3.68. The molecule has 0 N–H and O–H groups in total. The van der Waals surface area contributed by atoms with E-state index in [9.17, 15) is 13.6 Å². The number of carbonyl (C=O) groups is 1. The second kappa shape index (κ2) is 8.48. The lowest BCUT2D eigenvalue weighted by Crippen LogP contribution is -2.33. The third-order valence-electron chi connectivity index (χ3n) is 4.36. The van der Waals surface area contributed by atoms with E-state index in [1.807, 2.05) is 13.8 Å². The number of benzene rings is 2. The van der Waals surface area contributed by atoms with Crippen LogP contribution < -0.4 is 4.74 Å². The summed E-state index contributed by atoms with van der Waals surface area (Å²) in [6.07, 6.45) is 0. The highest BCUT2D eigenvalue weighted by atomic mass is 32.1. The maximum atomic E-state index is 13.7. The van der Waals surface area contributed by atoms with Gasteiger partial charge in [0.1, 0.15) is 34.7 Å². The molecule has 0 saturated carbocycles. The van der Waals surface area contributed by atoms with Crippen molar-refractivity contribution in [3.63, 3.8) is 0 Å². The van der Waals surface area contributed by atoms with Gasteiger partial charge in [0.2, 0.25) is 0 Å². The van der Waals surface area contributed by atoms with Gasteiger partial charge < -0.3 is 9.64 Å². The highest BCUT2D eigenvalue weighted by molar-refractivity contribution is 7.13. The summed E-state index contributed by atoms with van der Waals surface area (Å²) >= 11 is 1.38. The molecule has 0 fully saturated rings. The first-order chi connectivity index (χ1) is 13.4. The molecule has 1 aromatic heterocycles. The van der Waals surface area contributed by atoms with E-state index in [4.69, 9.17) is 4.74 Å². The summed E-state index contributed by atoms with van der Waals surface area (Å²) in [4.78, 5) is 18.4. The van der Waals surface area contributed by atoms with Crippen LogP contribution in [0.5, 0.6) is 5.75 Å². The Morgan fingerprint density at radius 2 is 1.79 bits per heavy atom. The number of rotatable bonds is 6. The SMILES string of the molecule is CC(C)N(C)C(=O)c1csc(-c2ccc(OCc3c(F)cccc3F)cc2)n1. The van der Waals surface area contributed by atoms with Crippen LogP contribution in [-0.4, -0.2) is 28.9 Å². The van der Waals surface area contributed by atoms with Gasteiger partial charge in [0.15, 0.2) is 0 Å². The summed E-state index contributed by atoms with van der Waals surface area (Å²) in [5.74, 6) is -0.908. The highest BCUT2D eigenvalue weighted by Gasteiger charge is 2.18. The van der Waals surface area contributed by atoms with Crippen LogP contribution in [0.15, 0.2) is 47.8 Å². The van der Waals surface area contributed by atoms with E-state index in [1.165, 1.54) is 29.5 Å². The molecule has 0 aliphatic heterocycles. The lowest BCUT2D eigenvalue weighted by molar-refractivity contribution is 0.0750. The summed E-state index contributed by atoms with van der Waals surface area (Å²) < 4.78 is 32.8. The molecule has 3 aromatic rings. The summed E-state index contributed by atoms with van der Waals surface area (Å²) in [6, 6.07) is 10.8. The molecule has 0 spiro atoms. The molecule has 0 aliphatic carbocycles. The lowest BCUT2D eigenvalue weighted by atomic mass is 10.2. The molecule has 7 heteroatoms. The predicted octanol–water partition coefficient (Wildman–Crippen LogP) is 5.15. The fourth-order valence-corrected chi connectivity index (χ4v) is 3.24. The zero-order valence-electron chi connectivity index (χ0n) is 15.8. The Balaban J connectivity index is 1.69. The van der Waals surface area contributed by atoms with Crippen molar-refractivity contribution in [3.05, 3.63) is 70.7 Å². The number of aromatic nitrogens is 1. The van der Waals surface area contributed by atoms with Gasteiger partial charge in [-0.15, -0.1) is 11.3 Å². The maximum Gasteiger partial charge on any atom is 0.273 e. The minimum absolute atomic E-state index is 0.0911. The van der Waals surface area contributed by atoms with E-state index in [2.05, 4.69) is 4.98 Å². The van der Waals surface area contributed by atoms with E-state index >= 15 is 0 Å². The Hall–Kier alpha value is -2.80. The molecule has 28 heavy (non-hydrogen) atoms. The fourth-order valence-electron chi connectivity index (χ4n) is 2.44. The van der Waals surface area contributed by atoms with Crippen molar-refractivity contribution >= 4 is 17.2 Å². The second-order valence-electron chi connectivity index (χ2n) is 6.56. The van der Waals surface area contributed by atoms with Crippen LogP contribution in [0.1, 0.15) is 29.9 Å². The first-order valence-electron chi connectivity index (χ1n) is 8.75. The smallest absolute Gasteiger partial charge is 0.273 e. The van der Waals surface area contributed by atoms with Crippen molar-refractivity contribution in [1.82, 2.24) is 9.88 Å². The maximum absolute atomic E-state index is 13.7. The summed E-state index contributed by atoms with van der Waals surface area (Å²) in [7, 11) is 1.75. The van der Waals surface area contributed by atoms with Gasteiger partial charge in [-0.1, -0.05) is 6.07 Å². The quantitative estimate of drug-likeness (QED) is 0.573. The van der Waals surface area contributed by atoms with Crippen LogP contribution in [0.3, 0.4) is 0 Å². The van der Waals surface area contributed by atoms with Gasteiger partial charge in [0.25, 0.3) is 5.91 Å². The van der Waals surface area contributed by atoms with Crippen molar-refractivity contribution in [2.45, 2.75) is 26.5 Å². The molecule has 0 radical (unpaired) electrons. The monoisotopic (exact) mass is 402 g/mol. The van der Waals surface area contributed by atoms with E-state index in [0.717, 1.165) is 5.56 Å². The Morgan fingerprint density at radius 3 is 2.39 bits per heavy atom. The number of amides is 1. The average molecular weight is 402 g/mol. The minimum atomic E-state index is -0.636. The van der Waals surface area contributed by atoms with Crippen LogP contribution in [-0.2, 0) is 6.61 Å². The Morgan fingerprint density at radius 1 is 1.14 bits per heavy atom. The number of nitrogens with zero attached hydrogens (tertiary/aromatic N) is 2. The van der Waals surface area contributed by atoms with Crippen molar-refractivity contribution in [2.75, 3.05) is 7.05 Å². The number of carbonyl (C=O) groups excluding carboxylic acids is 1. The Bertz CT molecular complexity index is 951. The Labute approximate surface area is 166 Å². The molecule has 0 bridgehead atoms. The second-order valence-corrected chi connectivity index (χ2v) is 7.42. The van der Waals surface area contributed by atoms with Gasteiger partial charge in [0, 0.05) is 24.0 Å². The molecule has 1 amide bonds. The first kappa shape index (κ1) is 19.9. The number of hydrogen-bond acceptors (Lipinski definition) is 4. The minimum Gasteiger partial charge on any atom is -0.489 e. The van der Waals surface area contributed by atoms with E-state index < -0.39 is 11.6 Å². The van der Waals surface area contributed by atoms with Crippen LogP contribution in [0, 0.1) is 11.6 Å².